The van der Waals surface area contributed by atoms with Crippen molar-refractivity contribution in [3.05, 3.63) is 48.3 Å². The van der Waals surface area contributed by atoms with Gasteiger partial charge in [0.1, 0.15) is 11.6 Å². The molecule has 1 aliphatic heterocycles. The Morgan fingerprint density at radius 3 is 2.41 bits per heavy atom. The first-order valence-corrected chi connectivity index (χ1v) is 7.13. The largest absolute Gasteiger partial charge is 0.409 e. The van der Waals surface area contributed by atoms with Crippen LogP contribution in [0.4, 0.5) is 11.6 Å². The summed E-state index contributed by atoms with van der Waals surface area (Å²) in [6.45, 7) is 3.31. The zero-order valence-corrected chi connectivity index (χ0v) is 12.1. The van der Waals surface area contributed by atoms with Gasteiger partial charge in [0.25, 0.3) is 0 Å². The van der Waals surface area contributed by atoms with Crippen molar-refractivity contribution >= 4 is 17.5 Å². The predicted molar refractivity (Wildman–Crippen MR) is 85.4 cm³/mol. The second-order valence-electron chi connectivity index (χ2n) is 5.02. The van der Waals surface area contributed by atoms with E-state index in [1.807, 2.05) is 24.3 Å². The van der Waals surface area contributed by atoms with Crippen LogP contribution < -0.4 is 15.5 Å². The standard InChI is InChI=1S/C15H18N6O/c16-14(19-22)12-4-3-7-18-15(12)21-10-8-20(9-11-21)13-5-1-2-6-17-13/h1-7,22H,8-11H2,(H2,16,19). The minimum atomic E-state index is 0.0789. The van der Waals surface area contributed by atoms with Crippen LogP contribution in [-0.2, 0) is 0 Å². The van der Waals surface area contributed by atoms with Gasteiger partial charge in [-0.2, -0.15) is 0 Å². The fraction of sp³-hybridized carbons (Fsp3) is 0.267. The summed E-state index contributed by atoms with van der Waals surface area (Å²) in [5.74, 6) is 1.81. The van der Waals surface area contributed by atoms with Gasteiger partial charge in [-0.1, -0.05) is 11.2 Å². The number of anilines is 2. The van der Waals surface area contributed by atoms with Gasteiger partial charge in [0.2, 0.25) is 0 Å². The van der Waals surface area contributed by atoms with Crippen molar-refractivity contribution in [1.82, 2.24) is 9.97 Å². The van der Waals surface area contributed by atoms with Crippen molar-refractivity contribution in [2.75, 3.05) is 36.0 Å². The first kappa shape index (κ1) is 14.1. The van der Waals surface area contributed by atoms with Crippen molar-refractivity contribution < 1.29 is 5.21 Å². The molecule has 1 aliphatic rings. The molecule has 0 radical (unpaired) electrons. The molecule has 3 heterocycles. The molecule has 2 aromatic rings. The first-order valence-electron chi connectivity index (χ1n) is 7.13. The predicted octanol–water partition coefficient (Wildman–Crippen LogP) is 0.898. The van der Waals surface area contributed by atoms with Gasteiger partial charge in [-0.3, -0.25) is 0 Å². The van der Waals surface area contributed by atoms with E-state index in [1.54, 1.807) is 18.5 Å². The summed E-state index contributed by atoms with van der Waals surface area (Å²) in [6.07, 6.45) is 3.52. The fourth-order valence-electron chi connectivity index (χ4n) is 2.59. The van der Waals surface area contributed by atoms with Crippen molar-refractivity contribution in [2.24, 2.45) is 10.9 Å². The monoisotopic (exact) mass is 298 g/mol. The van der Waals surface area contributed by atoms with Gasteiger partial charge in [-0.15, -0.1) is 0 Å². The maximum Gasteiger partial charge on any atom is 0.173 e. The lowest BCUT2D eigenvalue weighted by Crippen LogP contribution is -2.47. The number of oxime groups is 1. The lowest BCUT2D eigenvalue weighted by atomic mass is 10.2. The number of piperazine rings is 1. The van der Waals surface area contributed by atoms with Crippen LogP contribution in [0.15, 0.2) is 47.9 Å². The van der Waals surface area contributed by atoms with E-state index in [2.05, 4.69) is 24.9 Å². The van der Waals surface area contributed by atoms with E-state index in [0.717, 1.165) is 37.8 Å². The minimum Gasteiger partial charge on any atom is -0.409 e. The Hall–Kier alpha value is -2.83. The molecule has 1 saturated heterocycles. The lowest BCUT2D eigenvalue weighted by Gasteiger charge is -2.36. The second kappa shape index (κ2) is 6.30. The molecule has 0 aliphatic carbocycles. The number of pyridine rings is 2. The number of nitrogens with zero attached hydrogens (tertiary/aromatic N) is 5. The smallest absolute Gasteiger partial charge is 0.173 e. The van der Waals surface area contributed by atoms with Crippen LogP contribution in [0.25, 0.3) is 0 Å². The van der Waals surface area contributed by atoms with Gasteiger partial charge in [0, 0.05) is 38.6 Å². The molecule has 0 unspecified atom stereocenters. The Labute approximate surface area is 128 Å². The van der Waals surface area contributed by atoms with E-state index < -0.39 is 0 Å². The molecule has 1 fully saturated rings. The maximum absolute atomic E-state index is 8.90. The molecular formula is C15H18N6O. The zero-order valence-electron chi connectivity index (χ0n) is 12.1. The van der Waals surface area contributed by atoms with Gasteiger partial charge in [0.15, 0.2) is 5.84 Å². The van der Waals surface area contributed by atoms with E-state index in [4.69, 9.17) is 10.9 Å². The van der Waals surface area contributed by atoms with Crippen LogP contribution in [0, 0.1) is 0 Å². The van der Waals surface area contributed by atoms with Crippen LogP contribution >= 0.6 is 0 Å². The van der Waals surface area contributed by atoms with E-state index in [-0.39, 0.29) is 5.84 Å². The maximum atomic E-state index is 8.90. The number of nitrogens with two attached hydrogens (primary N) is 1. The molecule has 7 heteroatoms. The third-order valence-corrected chi connectivity index (χ3v) is 3.72. The molecule has 3 rings (SSSR count). The second-order valence-corrected chi connectivity index (χ2v) is 5.02. The average molecular weight is 298 g/mol. The third kappa shape index (κ3) is 2.78. The molecule has 0 amide bonds. The Bertz CT molecular complexity index is 652. The summed E-state index contributed by atoms with van der Waals surface area (Å²) in [5, 5.41) is 12.0. The molecule has 0 saturated carbocycles. The molecule has 7 nitrogen and oxygen atoms in total. The summed E-state index contributed by atoms with van der Waals surface area (Å²) >= 11 is 0. The average Bonchev–Trinajstić information content (AvgIpc) is 2.62. The highest BCUT2D eigenvalue weighted by atomic mass is 16.4. The molecule has 0 bridgehead atoms. The summed E-state index contributed by atoms with van der Waals surface area (Å²) in [7, 11) is 0. The fourth-order valence-corrected chi connectivity index (χ4v) is 2.59. The Balaban J connectivity index is 1.75. The molecule has 3 N–H and O–H groups in total. The topological polar surface area (TPSA) is 90.9 Å². The Kier molecular flexibility index (Phi) is 4.04. The normalized spacial score (nSPS) is 15.9. The summed E-state index contributed by atoms with van der Waals surface area (Å²) in [4.78, 5) is 13.2. The summed E-state index contributed by atoms with van der Waals surface area (Å²) in [5.41, 5.74) is 6.38. The highest BCUT2D eigenvalue weighted by molar-refractivity contribution is 6.01. The van der Waals surface area contributed by atoms with Crippen molar-refractivity contribution in [3.8, 4) is 0 Å². The molecule has 114 valence electrons. The highest BCUT2D eigenvalue weighted by Gasteiger charge is 2.21. The van der Waals surface area contributed by atoms with E-state index in [1.165, 1.54) is 0 Å². The van der Waals surface area contributed by atoms with E-state index in [9.17, 15) is 0 Å². The molecule has 22 heavy (non-hydrogen) atoms. The van der Waals surface area contributed by atoms with Crippen LogP contribution in [0.3, 0.4) is 0 Å². The number of aromatic nitrogens is 2. The Morgan fingerprint density at radius 1 is 1.00 bits per heavy atom. The highest BCUT2D eigenvalue weighted by Crippen LogP contribution is 2.20. The number of rotatable bonds is 3. The molecule has 2 aromatic heterocycles. The van der Waals surface area contributed by atoms with Gasteiger partial charge < -0.3 is 20.7 Å². The van der Waals surface area contributed by atoms with E-state index in [0.29, 0.717) is 5.56 Å². The molecule has 0 aromatic carbocycles. The minimum absolute atomic E-state index is 0.0789. The number of hydrogen-bond acceptors (Lipinski definition) is 6. The van der Waals surface area contributed by atoms with Crippen LogP contribution in [0.2, 0.25) is 0 Å². The van der Waals surface area contributed by atoms with Crippen LogP contribution in [-0.4, -0.2) is 47.2 Å². The van der Waals surface area contributed by atoms with Crippen molar-refractivity contribution in [1.29, 1.82) is 0 Å². The van der Waals surface area contributed by atoms with E-state index >= 15 is 0 Å². The molecular weight excluding hydrogens is 280 g/mol. The van der Waals surface area contributed by atoms with Gasteiger partial charge >= 0.3 is 0 Å². The van der Waals surface area contributed by atoms with Gasteiger partial charge in [-0.05, 0) is 24.3 Å². The third-order valence-electron chi connectivity index (χ3n) is 3.72. The molecule has 0 atom stereocenters. The lowest BCUT2D eigenvalue weighted by molar-refractivity contribution is 0.318. The van der Waals surface area contributed by atoms with Gasteiger partial charge in [0.05, 0.1) is 5.56 Å². The summed E-state index contributed by atoms with van der Waals surface area (Å²) in [6, 6.07) is 9.50. The Morgan fingerprint density at radius 2 is 1.73 bits per heavy atom. The number of hydrogen-bond donors (Lipinski definition) is 2. The van der Waals surface area contributed by atoms with Gasteiger partial charge in [-0.25, -0.2) is 9.97 Å². The molecule has 0 spiro atoms. The number of amidine groups is 1. The summed E-state index contributed by atoms with van der Waals surface area (Å²) < 4.78 is 0. The van der Waals surface area contributed by atoms with Crippen molar-refractivity contribution in [2.45, 2.75) is 0 Å². The quantitative estimate of drug-likeness (QED) is 0.379. The SMILES string of the molecule is N/C(=N\O)c1cccnc1N1CCN(c2ccccn2)CC1. The van der Waals surface area contributed by atoms with Crippen LogP contribution in [0.5, 0.6) is 0 Å². The van der Waals surface area contributed by atoms with Crippen LogP contribution in [0.1, 0.15) is 5.56 Å². The van der Waals surface area contributed by atoms with Crippen molar-refractivity contribution in [3.63, 3.8) is 0 Å². The first-order chi connectivity index (χ1) is 10.8. The zero-order chi connectivity index (χ0) is 15.4.